The molecular formula is C143H95N3. The minimum atomic E-state index is 0.948. The first-order valence-corrected chi connectivity index (χ1v) is 50.0. The number of nitrogens with zero attached hydrogens (tertiary/aromatic N) is 3. The number of hydrogen-bond acceptors (Lipinski definition) is 3. The highest BCUT2D eigenvalue weighted by molar-refractivity contribution is 6.18. The molecule has 3 heteroatoms. The van der Waals surface area contributed by atoms with E-state index >= 15 is 0 Å². The van der Waals surface area contributed by atoms with E-state index in [4.69, 9.17) is 15.0 Å². The zero-order valence-corrected chi connectivity index (χ0v) is 80.2. The summed E-state index contributed by atoms with van der Waals surface area (Å²) in [5.41, 5.74) is 36.0. The summed E-state index contributed by atoms with van der Waals surface area (Å²) in [5, 5.41) is 20.2. The van der Waals surface area contributed by atoms with Gasteiger partial charge in [0.1, 0.15) is 0 Å². The van der Waals surface area contributed by atoms with Crippen molar-refractivity contribution in [1.82, 2.24) is 15.0 Å². The maximum Gasteiger partial charge on any atom is 0.0716 e. The molecule has 0 aliphatic carbocycles. The second-order valence-electron chi connectivity index (χ2n) is 37.5. The zero-order valence-electron chi connectivity index (χ0n) is 80.2. The third-order valence-electron chi connectivity index (χ3n) is 28.5. The first-order chi connectivity index (χ1) is 72.3. The van der Waals surface area contributed by atoms with Gasteiger partial charge in [0, 0.05) is 33.4 Å². The molecule has 0 unspecified atom stereocenters. The van der Waals surface area contributed by atoms with E-state index in [1.807, 2.05) is 0 Å². The summed E-state index contributed by atoms with van der Waals surface area (Å²) in [6, 6.07) is 207. The Balaban J connectivity index is 0.000000115. The molecule has 0 aliphatic rings. The maximum absolute atomic E-state index is 5.39. The SMILES string of the molecule is c1ccc(-c2cc(-c3cc(-c4ccccc4)cc(-c4ccccc4)n3)cc(-c3cc4ccccc4c4ccccc34)c2)cc1.c1ccc(-c2cc(-c3cccc(-c4cc5ccccc5c5ccccc45)c3)nc(-c3cccc(-c4cc5ccccc5c5ccccc45)c3)c2)cc1.c1ccc(-c2ccc(-c3cc(-c4ccc(-c5ccccc5)cc4)nc(-c4cccc(-c5cc6ccccc6c6ccccc56)c4)c3)cc2)cc1. The van der Waals surface area contributed by atoms with Gasteiger partial charge in [-0.1, -0.05) is 479 Å². The fourth-order valence-electron chi connectivity index (χ4n) is 21.2. The lowest BCUT2D eigenvalue weighted by Crippen LogP contribution is -1.93. The summed E-state index contributed by atoms with van der Waals surface area (Å²) >= 11 is 0. The molecule has 0 saturated carbocycles. The fraction of sp³-hybridized carbons (Fsp3) is 0. The lowest BCUT2D eigenvalue weighted by Gasteiger charge is -2.16. The molecule has 0 atom stereocenters. The molecule has 27 aromatic rings. The van der Waals surface area contributed by atoms with E-state index < -0.39 is 0 Å². The molecule has 0 bridgehead atoms. The Kier molecular flexibility index (Phi) is 23.9. The van der Waals surface area contributed by atoms with Crippen LogP contribution in [0.5, 0.6) is 0 Å². The predicted molar refractivity (Wildman–Crippen MR) is 620 cm³/mol. The molecule has 3 aromatic heterocycles. The molecule has 3 heterocycles. The third kappa shape index (κ3) is 17.9. The van der Waals surface area contributed by atoms with Crippen LogP contribution >= 0.6 is 0 Å². The van der Waals surface area contributed by atoms with Crippen molar-refractivity contribution in [3.63, 3.8) is 0 Å². The minimum Gasteiger partial charge on any atom is -0.248 e. The van der Waals surface area contributed by atoms with Crippen molar-refractivity contribution in [3.05, 3.63) is 576 Å². The van der Waals surface area contributed by atoms with E-state index in [0.29, 0.717) is 0 Å². The lowest BCUT2D eigenvalue weighted by molar-refractivity contribution is 1.32. The number of hydrogen-bond donors (Lipinski definition) is 0. The summed E-state index contributed by atoms with van der Waals surface area (Å²) in [6.45, 7) is 0. The van der Waals surface area contributed by atoms with Gasteiger partial charge in [-0.3, -0.25) is 0 Å². The van der Waals surface area contributed by atoms with Gasteiger partial charge < -0.3 is 0 Å². The van der Waals surface area contributed by atoms with E-state index in [-0.39, 0.29) is 0 Å². The average molecular weight is 1860 g/mol. The highest BCUT2D eigenvalue weighted by Gasteiger charge is 2.22. The van der Waals surface area contributed by atoms with Gasteiger partial charge in [0.2, 0.25) is 0 Å². The Hall–Kier alpha value is -19.2. The van der Waals surface area contributed by atoms with Crippen LogP contribution < -0.4 is 0 Å². The first kappa shape index (κ1) is 88.3. The van der Waals surface area contributed by atoms with E-state index in [1.54, 1.807) is 0 Å². The van der Waals surface area contributed by atoms with Crippen molar-refractivity contribution < 1.29 is 0 Å². The molecular weight excluding hydrogens is 1760 g/mol. The van der Waals surface area contributed by atoms with E-state index in [9.17, 15) is 0 Å². The Labute approximate surface area is 850 Å². The monoisotopic (exact) mass is 1850 g/mol. The van der Waals surface area contributed by atoms with Crippen LogP contribution in [0.2, 0.25) is 0 Å². The predicted octanol–water partition coefficient (Wildman–Crippen LogP) is 39.1. The Bertz CT molecular complexity index is 9220. The van der Waals surface area contributed by atoms with Crippen LogP contribution in [-0.4, -0.2) is 15.0 Å². The van der Waals surface area contributed by atoms with E-state index in [1.165, 1.54) is 175 Å². The second kappa shape index (κ2) is 39.5. The summed E-state index contributed by atoms with van der Waals surface area (Å²) in [6.07, 6.45) is 0. The summed E-state index contributed by atoms with van der Waals surface area (Å²) in [7, 11) is 0. The third-order valence-corrected chi connectivity index (χ3v) is 28.5. The highest BCUT2D eigenvalue weighted by atomic mass is 14.7. The molecule has 0 fully saturated rings. The molecule has 0 saturated heterocycles. The van der Waals surface area contributed by atoms with Gasteiger partial charge in [-0.05, 0) is 295 Å². The summed E-state index contributed by atoms with van der Waals surface area (Å²) < 4.78 is 0. The van der Waals surface area contributed by atoms with Gasteiger partial charge in [0.05, 0.1) is 34.2 Å². The Morgan fingerprint density at radius 1 is 0.0822 bits per heavy atom. The first-order valence-electron chi connectivity index (χ1n) is 50.0. The largest absolute Gasteiger partial charge is 0.248 e. The molecule has 682 valence electrons. The summed E-state index contributed by atoms with van der Waals surface area (Å²) in [4.78, 5) is 16.0. The number of benzene rings is 24. The van der Waals surface area contributed by atoms with Crippen LogP contribution in [-0.2, 0) is 0 Å². The number of rotatable bonds is 16. The van der Waals surface area contributed by atoms with Gasteiger partial charge in [-0.25, -0.2) is 15.0 Å². The van der Waals surface area contributed by atoms with E-state index in [0.717, 1.165) is 89.8 Å². The number of pyridine rings is 3. The van der Waals surface area contributed by atoms with Crippen molar-refractivity contribution >= 4 is 86.2 Å². The van der Waals surface area contributed by atoms with Crippen LogP contribution in [0, 0.1) is 0 Å². The molecule has 146 heavy (non-hydrogen) atoms. The van der Waals surface area contributed by atoms with Crippen molar-refractivity contribution in [2.45, 2.75) is 0 Å². The van der Waals surface area contributed by atoms with Gasteiger partial charge in [0.25, 0.3) is 0 Å². The molecule has 0 aliphatic heterocycles. The molecule has 3 nitrogen and oxygen atoms in total. The molecule has 0 radical (unpaired) electrons. The molecule has 0 spiro atoms. The highest BCUT2D eigenvalue weighted by Crippen LogP contribution is 2.46. The van der Waals surface area contributed by atoms with E-state index in [2.05, 4.69) is 576 Å². The zero-order chi connectivity index (χ0) is 97.0. The normalized spacial score (nSPS) is 11.3. The second-order valence-corrected chi connectivity index (χ2v) is 37.5. The van der Waals surface area contributed by atoms with Crippen LogP contribution in [0.4, 0.5) is 0 Å². The summed E-state index contributed by atoms with van der Waals surface area (Å²) in [5.74, 6) is 0. The van der Waals surface area contributed by atoms with Crippen LogP contribution in [0.1, 0.15) is 0 Å². The standard InChI is InChI=1S/C51H33N.C49H33N.C43H29N/c1-2-14-34(15-3-1)41-32-50(39-20-12-18-35(28-39)48-30-37-16-4-6-22-42(37)44-24-8-10-26-46(44)48)52-51(33-41)40-21-13-19-36(29-40)49-31-38-17-5-7-23-43(38)45-25-9-11-27-47(45)49;1-3-12-34(13-4-1)36-22-24-38(25-23-36)43-32-48(39-28-26-37(27-29-39)35-14-5-2-6-15-35)50-49(33-43)42-18-11-17-40(30-42)47-31-41-16-7-8-19-44(41)45-20-9-10-21-46(45)47;1-4-14-30(15-5-1)34-24-36(41-27-33-20-10-11-21-38(33)39-22-12-13-23-40(39)41)26-37(25-34)43-29-35(31-16-6-2-7-17-31)28-42(44-43)32-18-8-3-9-19-32/h1-33H;1-33H;1-29H. The van der Waals surface area contributed by atoms with Gasteiger partial charge in [-0.2, -0.15) is 0 Å². The smallest absolute Gasteiger partial charge is 0.0716 e. The molecule has 0 amide bonds. The van der Waals surface area contributed by atoms with Crippen molar-refractivity contribution in [2.24, 2.45) is 0 Å². The molecule has 24 aromatic carbocycles. The van der Waals surface area contributed by atoms with Crippen molar-refractivity contribution in [2.75, 3.05) is 0 Å². The van der Waals surface area contributed by atoms with Crippen LogP contribution in [0.15, 0.2) is 576 Å². The fourth-order valence-corrected chi connectivity index (χ4v) is 21.2. The maximum atomic E-state index is 5.39. The molecule has 0 N–H and O–H groups in total. The molecule has 27 rings (SSSR count). The van der Waals surface area contributed by atoms with Gasteiger partial charge in [-0.15, -0.1) is 0 Å². The Morgan fingerprint density at radius 2 is 0.247 bits per heavy atom. The number of aromatic nitrogens is 3. The Morgan fingerprint density at radius 3 is 0.541 bits per heavy atom. The minimum absolute atomic E-state index is 0.948. The van der Waals surface area contributed by atoms with Gasteiger partial charge >= 0.3 is 0 Å². The average Bonchev–Trinajstić information content (AvgIpc) is 0.770. The van der Waals surface area contributed by atoms with Crippen LogP contribution in [0.3, 0.4) is 0 Å². The lowest BCUT2D eigenvalue weighted by atomic mass is 9.89. The van der Waals surface area contributed by atoms with Gasteiger partial charge in [0.15, 0.2) is 0 Å². The quantitative estimate of drug-likeness (QED) is 0.0905. The van der Waals surface area contributed by atoms with Crippen molar-refractivity contribution in [3.8, 4) is 179 Å². The van der Waals surface area contributed by atoms with Crippen molar-refractivity contribution in [1.29, 1.82) is 0 Å². The number of fused-ring (bicyclic) bond motifs is 12. The topological polar surface area (TPSA) is 38.7 Å². The van der Waals surface area contributed by atoms with Crippen LogP contribution in [0.25, 0.3) is 265 Å².